The predicted octanol–water partition coefficient (Wildman–Crippen LogP) is 1.16. The van der Waals surface area contributed by atoms with E-state index in [0.717, 1.165) is 17.7 Å². The van der Waals surface area contributed by atoms with E-state index < -0.39 is 15.1 Å². The monoisotopic (exact) mass is 254 g/mol. The lowest BCUT2D eigenvalue weighted by molar-refractivity contribution is 0.560. The molecule has 0 saturated carbocycles. The van der Waals surface area contributed by atoms with Crippen molar-refractivity contribution < 1.29 is 8.42 Å². The number of benzene rings is 1. The molecular formula is C12H18N2O2S. The number of aryl methyl sites for hydroxylation is 1. The van der Waals surface area contributed by atoms with E-state index in [1.54, 1.807) is 12.1 Å². The van der Waals surface area contributed by atoms with Crippen molar-refractivity contribution in [1.82, 2.24) is 0 Å². The Balaban J connectivity index is 2.65. The van der Waals surface area contributed by atoms with Crippen LogP contribution in [0.15, 0.2) is 23.1 Å². The fourth-order valence-corrected chi connectivity index (χ4v) is 4.28. The van der Waals surface area contributed by atoms with E-state index in [2.05, 4.69) is 5.32 Å². The third-order valence-corrected chi connectivity index (χ3v) is 5.71. The number of hydrogen-bond donors (Lipinski definition) is 2. The van der Waals surface area contributed by atoms with Crippen LogP contribution >= 0.6 is 0 Å². The maximum absolute atomic E-state index is 12.4. The van der Waals surface area contributed by atoms with Crippen molar-refractivity contribution >= 4 is 15.5 Å². The number of nitrogens with two attached hydrogens (primary N) is 1. The van der Waals surface area contributed by atoms with E-state index in [1.807, 2.05) is 19.9 Å². The summed E-state index contributed by atoms with van der Waals surface area (Å²) < 4.78 is 24.8. The van der Waals surface area contributed by atoms with Crippen LogP contribution in [0.3, 0.4) is 0 Å². The smallest absolute Gasteiger partial charge is 0.186 e. The van der Waals surface area contributed by atoms with Gasteiger partial charge in [0.25, 0.3) is 0 Å². The van der Waals surface area contributed by atoms with Gasteiger partial charge < -0.3 is 11.1 Å². The lowest BCUT2D eigenvalue weighted by atomic mass is 10.1. The van der Waals surface area contributed by atoms with E-state index in [4.69, 9.17) is 5.73 Å². The van der Waals surface area contributed by atoms with Crippen molar-refractivity contribution in [1.29, 1.82) is 0 Å². The summed E-state index contributed by atoms with van der Waals surface area (Å²) in [6.07, 6.45) is 0.811. The lowest BCUT2D eigenvalue weighted by Gasteiger charge is -2.32. The highest BCUT2D eigenvalue weighted by Crippen LogP contribution is 2.34. The molecule has 0 aromatic heterocycles. The molecule has 17 heavy (non-hydrogen) atoms. The summed E-state index contributed by atoms with van der Waals surface area (Å²) in [6.45, 7) is 4.03. The minimum Gasteiger partial charge on any atom is -0.380 e. The van der Waals surface area contributed by atoms with E-state index in [9.17, 15) is 8.42 Å². The quantitative estimate of drug-likeness (QED) is 0.831. The van der Waals surface area contributed by atoms with Gasteiger partial charge in [-0.1, -0.05) is 19.1 Å². The third-order valence-electron chi connectivity index (χ3n) is 3.36. The molecule has 5 heteroatoms. The Morgan fingerprint density at radius 3 is 2.71 bits per heavy atom. The number of rotatable bonds is 2. The van der Waals surface area contributed by atoms with Crippen molar-refractivity contribution in [2.24, 2.45) is 5.73 Å². The van der Waals surface area contributed by atoms with E-state index in [1.165, 1.54) is 0 Å². The third kappa shape index (κ3) is 1.83. The Morgan fingerprint density at radius 1 is 1.41 bits per heavy atom. The van der Waals surface area contributed by atoms with Crippen LogP contribution in [0.1, 0.15) is 19.4 Å². The van der Waals surface area contributed by atoms with Crippen LogP contribution in [-0.2, 0) is 16.3 Å². The topological polar surface area (TPSA) is 72.2 Å². The molecule has 0 fully saturated rings. The first-order chi connectivity index (χ1) is 8.02. The first-order valence-electron chi connectivity index (χ1n) is 5.84. The molecule has 0 saturated heterocycles. The summed E-state index contributed by atoms with van der Waals surface area (Å²) >= 11 is 0. The molecule has 1 heterocycles. The van der Waals surface area contributed by atoms with Gasteiger partial charge in [0.1, 0.15) is 0 Å². The van der Waals surface area contributed by atoms with Gasteiger partial charge in [0.15, 0.2) is 9.84 Å². The second-order valence-corrected chi connectivity index (χ2v) is 6.53. The van der Waals surface area contributed by atoms with Gasteiger partial charge in [0.2, 0.25) is 0 Å². The van der Waals surface area contributed by atoms with Gasteiger partial charge in [-0.25, -0.2) is 8.42 Å². The Kier molecular flexibility index (Phi) is 3.14. The Bertz CT molecular complexity index is 525. The number of fused-ring (bicyclic) bond motifs is 1. The average molecular weight is 254 g/mol. The molecule has 0 aliphatic carbocycles. The van der Waals surface area contributed by atoms with Crippen molar-refractivity contribution in [3.05, 3.63) is 23.8 Å². The molecule has 0 spiro atoms. The molecule has 2 atom stereocenters. The van der Waals surface area contributed by atoms with Gasteiger partial charge in [-0.3, -0.25) is 0 Å². The van der Waals surface area contributed by atoms with Crippen LogP contribution in [-0.4, -0.2) is 26.3 Å². The van der Waals surface area contributed by atoms with Gasteiger partial charge >= 0.3 is 0 Å². The van der Waals surface area contributed by atoms with E-state index in [-0.39, 0.29) is 12.6 Å². The highest BCUT2D eigenvalue weighted by Gasteiger charge is 2.38. The van der Waals surface area contributed by atoms with Crippen LogP contribution in [0.25, 0.3) is 0 Å². The highest BCUT2D eigenvalue weighted by molar-refractivity contribution is 7.92. The van der Waals surface area contributed by atoms with Crippen LogP contribution in [0, 0.1) is 0 Å². The Hall–Kier alpha value is -1.07. The molecule has 1 aliphatic rings. The summed E-state index contributed by atoms with van der Waals surface area (Å²) in [5.74, 6) is 0. The van der Waals surface area contributed by atoms with E-state index >= 15 is 0 Å². The molecule has 1 aliphatic heterocycles. The fraction of sp³-hybridized carbons (Fsp3) is 0.500. The molecular weight excluding hydrogens is 236 g/mol. The molecule has 0 radical (unpaired) electrons. The summed E-state index contributed by atoms with van der Waals surface area (Å²) in [5.41, 5.74) is 7.37. The number of nitrogens with one attached hydrogen (secondary N) is 1. The molecule has 1 aromatic carbocycles. The minimum absolute atomic E-state index is 0.145. The maximum Gasteiger partial charge on any atom is 0.186 e. The average Bonchev–Trinajstić information content (AvgIpc) is 2.28. The van der Waals surface area contributed by atoms with Gasteiger partial charge in [0.05, 0.1) is 15.8 Å². The van der Waals surface area contributed by atoms with Crippen molar-refractivity contribution in [3.63, 3.8) is 0 Å². The van der Waals surface area contributed by atoms with Crippen LogP contribution in [0.5, 0.6) is 0 Å². The number of sulfone groups is 1. The molecule has 94 valence electrons. The Morgan fingerprint density at radius 2 is 2.12 bits per heavy atom. The lowest BCUT2D eigenvalue weighted by Crippen LogP contribution is -2.46. The number of para-hydroxylation sites is 1. The molecule has 1 aromatic rings. The van der Waals surface area contributed by atoms with Crippen LogP contribution in [0.4, 0.5) is 5.69 Å². The second kappa shape index (κ2) is 4.31. The number of hydrogen-bond acceptors (Lipinski definition) is 4. The zero-order chi connectivity index (χ0) is 12.6. The molecule has 2 unspecified atom stereocenters. The zero-order valence-corrected chi connectivity index (χ0v) is 10.9. The second-order valence-electron chi connectivity index (χ2n) is 4.40. The van der Waals surface area contributed by atoms with Crippen molar-refractivity contribution in [2.75, 3.05) is 11.9 Å². The van der Waals surface area contributed by atoms with Crippen molar-refractivity contribution in [3.8, 4) is 0 Å². The molecule has 4 nitrogen and oxygen atoms in total. The van der Waals surface area contributed by atoms with Gasteiger partial charge in [-0.05, 0) is 25.0 Å². The summed E-state index contributed by atoms with van der Waals surface area (Å²) in [5, 5.41) is 2.74. The largest absolute Gasteiger partial charge is 0.380 e. The molecule has 0 amide bonds. The summed E-state index contributed by atoms with van der Waals surface area (Å²) in [7, 11) is -3.30. The highest BCUT2D eigenvalue weighted by atomic mass is 32.2. The van der Waals surface area contributed by atoms with Gasteiger partial charge in [-0.15, -0.1) is 0 Å². The standard InChI is InChI=1S/C12H18N2O2S/c1-3-9-5-4-6-10-12(9)14-8(2)11(7-13)17(10,15)16/h4-6,8,11,14H,3,7,13H2,1-2H3. The fourth-order valence-electron chi connectivity index (χ4n) is 2.36. The van der Waals surface area contributed by atoms with Crippen molar-refractivity contribution in [2.45, 2.75) is 36.5 Å². The van der Waals surface area contributed by atoms with Crippen LogP contribution in [0.2, 0.25) is 0 Å². The summed E-state index contributed by atoms with van der Waals surface area (Å²) in [4.78, 5) is 0.394. The zero-order valence-electron chi connectivity index (χ0n) is 10.1. The molecule has 0 bridgehead atoms. The van der Waals surface area contributed by atoms with Gasteiger partial charge in [0, 0.05) is 12.6 Å². The SMILES string of the molecule is CCc1cccc2c1NC(C)C(CN)S2(=O)=O. The normalized spacial score (nSPS) is 26.1. The van der Waals surface area contributed by atoms with E-state index in [0.29, 0.717) is 4.90 Å². The minimum atomic E-state index is -3.30. The predicted molar refractivity (Wildman–Crippen MR) is 68.9 cm³/mol. The Labute approximate surface area is 102 Å². The first kappa shape index (κ1) is 12.4. The summed E-state index contributed by atoms with van der Waals surface area (Å²) in [6, 6.07) is 5.26. The molecule has 2 rings (SSSR count). The molecule has 3 N–H and O–H groups in total. The maximum atomic E-state index is 12.4. The van der Waals surface area contributed by atoms with Crippen LogP contribution < -0.4 is 11.1 Å². The first-order valence-corrected chi connectivity index (χ1v) is 7.39. The number of anilines is 1. The van der Waals surface area contributed by atoms with Gasteiger partial charge in [-0.2, -0.15) is 0 Å².